The summed E-state index contributed by atoms with van der Waals surface area (Å²) >= 11 is 0. The minimum absolute atomic E-state index is 0.231. The van der Waals surface area contributed by atoms with Gasteiger partial charge in [0, 0.05) is 18.8 Å². The minimum atomic E-state index is 0.231. The molecule has 0 amide bonds. The zero-order chi connectivity index (χ0) is 11.0. The van der Waals surface area contributed by atoms with Crippen LogP contribution in [0.25, 0.3) is 10.9 Å². The van der Waals surface area contributed by atoms with Crippen LogP contribution in [0.2, 0.25) is 0 Å². The van der Waals surface area contributed by atoms with E-state index in [2.05, 4.69) is 35.0 Å². The van der Waals surface area contributed by atoms with E-state index in [1.54, 1.807) is 0 Å². The standard InChI is InChI=1S/C14H17NO/c16-10-8-12-4-1-3-11-7-9-15(14(11)12)13-5-2-6-13/h1,3-4,7,9,13,16H,2,5-6,8,10H2. The van der Waals surface area contributed by atoms with Gasteiger partial charge in [-0.15, -0.1) is 0 Å². The number of fused-ring (bicyclic) bond motifs is 1. The van der Waals surface area contributed by atoms with Gasteiger partial charge in [0.1, 0.15) is 0 Å². The number of para-hydroxylation sites is 1. The molecule has 0 atom stereocenters. The fourth-order valence-corrected chi connectivity index (χ4v) is 2.59. The molecule has 0 unspecified atom stereocenters. The highest BCUT2D eigenvalue weighted by Gasteiger charge is 2.21. The molecular formula is C14H17NO. The van der Waals surface area contributed by atoms with Crippen molar-refractivity contribution in [1.82, 2.24) is 4.57 Å². The number of aliphatic hydroxyl groups excluding tert-OH is 1. The molecule has 1 aromatic carbocycles. The van der Waals surface area contributed by atoms with Crippen molar-refractivity contribution in [3.05, 3.63) is 36.0 Å². The first-order chi connectivity index (χ1) is 7.90. The lowest BCUT2D eigenvalue weighted by Crippen LogP contribution is -2.16. The predicted octanol–water partition coefficient (Wildman–Crippen LogP) is 2.90. The third kappa shape index (κ3) is 1.45. The Hall–Kier alpha value is -1.28. The average molecular weight is 215 g/mol. The maximum Gasteiger partial charge on any atom is 0.0516 e. The van der Waals surface area contributed by atoms with Gasteiger partial charge in [0.25, 0.3) is 0 Å². The SMILES string of the molecule is OCCc1cccc2ccn(C3CCC3)c12. The second-order valence-electron chi connectivity index (χ2n) is 4.64. The highest BCUT2D eigenvalue weighted by molar-refractivity contribution is 5.83. The molecule has 2 nitrogen and oxygen atoms in total. The van der Waals surface area contributed by atoms with Crippen LogP contribution in [0.3, 0.4) is 0 Å². The lowest BCUT2D eigenvalue weighted by Gasteiger charge is -2.28. The number of aliphatic hydroxyl groups is 1. The van der Waals surface area contributed by atoms with Crippen molar-refractivity contribution >= 4 is 10.9 Å². The normalized spacial score (nSPS) is 16.6. The second kappa shape index (κ2) is 3.95. The van der Waals surface area contributed by atoms with Gasteiger partial charge in [0.15, 0.2) is 0 Å². The van der Waals surface area contributed by atoms with Gasteiger partial charge in [-0.1, -0.05) is 18.2 Å². The van der Waals surface area contributed by atoms with E-state index in [0.717, 1.165) is 6.42 Å². The van der Waals surface area contributed by atoms with E-state index in [9.17, 15) is 0 Å². The molecule has 1 aliphatic rings. The van der Waals surface area contributed by atoms with E-state index in [4.69, 9.17) is 5.11 Å². The quantitative estimate of drug-likeness (QED) is 0.836. The number of hydrogen-bond donors (Lipinski definition) is 1. The fourth-order valence-electron chi connectivity index (χ4n) is 2.59. The maximum absolute atomic E-state index is 9.11. The summed E-state index contributed by atoms with van der Waals surface area (Å²) in [5, 5.41) is 10.4. The first-order valence-electron chi connectivity index (χ1n) is 6.09. The summed E-state index contributed by atoms with van der Waals surface area (Å²) in [7, 11) is 0. The van der Waals surface area contributed by atoms with Crippen LogP contribution in [0.4, 0.5) is 0 Å². The van der Waals surface area contributed by atoms with Crippen LogP contribution >= 0.6 is 0 Å². The minimum Gasteiger partial charge on any atom is -0.396 e. The molecular weight excluding hydrogens is 198 g/mol. The van der Waals surface area contributed by atoms with Gasteiger partial charge in [0.05, 0.1) is 5.52 Å². The predicted molar refractivity (Wildman–Crippen MR) is 65.6 cm³/mol. The molecule has 0 saturated heterocycles. The van der Waals surface area contributed by atoms with Gasteiger partial charge >= 0.3 is 0 Å². The van der Waals surface area contributed by atoms with Gasteiger partial charge in [-0.2, -0.15) is 0 Å². The maximum atomic E-state index is 9.11. The van der Waals surface area contributed by atoms with E-state index in [-0.39, 0.29) is 6.61 Å². The van der Waals surface area contributed by atoms with Crippen LogP contribution in [-0.2, 0) is 6.42 Å². The molecule has 3 rings (SSSR count). The van der Waals surface area contributed by atoms with Crippen LogP contribution in [0, 0.1) is 0 Å². The van der Waals surface area contributed by atoms with Gasteiger partial charge in [-0.05, 0) is 42.7 Å². The average Bonchev–Trinajstić information content (AvgIpc) is 2.61. The Balaban J connectivity index is 2.13. The summed E-state index contributed by atoms with van der Waals surface area (Å²) in [6.45, 7) is 0.231. The summed E-state index contributed by atoms with van der Waals surface area (Å²) in [6.07, 6.45) is 6.92. The topological polar surface area (TPSA) is 25.2 Å². The molecule has 2 heteroatoms. The molecule has 1 N–H and O–H groups in total. The van der Waals surface area contributed by atoms with Crippen molar-refractivity contribution < 1.29 is 5.11 Å². The van der Waals surface area contributed by atoms with Gasteiger partial charge in [-0.3, -0.25) is 0 Å². The van der Waals surface area contributed by atoms with E-state index in [1.165, 1.54) is 35.7 Å². The zero-order valence-corrected chi connectivity index (χ0v) is 9.39. The molecule has 0 radical (unpaired) electrons. The highest BCUT2D eigenvalue weighted by Crippen LogP contribution is 2.35. The molecule has 16 heavy (non-hydrogen) atoms. The monoisotopic (exact) mass is 215 g/mol. The molecule has 1 saturated carbocycles. The van der Waals surface area contributed by atoms with Crippen molar-refractivity contribution in [3.8, 4) is 0 Å². The van der Waals surface area contributed by atoms with Crippen LogP contribution in [0.1, 0.15) is 30.9 Å². The lowest BCUT2D eigenvalue weighted by molar-refractivity contribution is 0.298. The Bertz CT molecular complexity index is 496. The summed E-state index contributed by atoms with van der Waals surface area (Å²) in [6, 6.07) is 9.25. The van der Waals surface area contributed by atoms with Gasteiger partial charge in [-0.25, -0.2) is 0 Å². The van der Waals surface area contributed by atoms with Gasteiger partial charge < -0.3 is 9.67 Å². The molecule has 1 heterocycles. The van der Waals surface area contributed by atoms with Crippen molar-refractivity contribution in [2.45, 2.75) is 31.7 Å². The summed E-state index contributed by atoms with van der Waals surface area (Å²) in [5.74, 6) is 0. The summed E-state index contributed by atoms with van der Waals surface area (Å²) in [5.41, 5.74) is 2.61. The number of nitrogens with zero attached hydrogens (tertiary/aromatic N) is 1. The Kier molecular flexibility index (Phi) is 2.44. The molecule has 1 fully saturated rings. The van der Waals surface area contributed by atoms with Crippen LogP contribution in [-0.4, -0.2) is 16.3 Å². The smallest absolute Gasteiger partial charge is 0.0516 e. The Morgan fingerprint density at radius 2 is 2.12 bits per heavy atom. The Morgan fingerprint density at radius 3 is 2.81 bits per heavy atom. The van der Waals surface area contributed by atoms with Crippen LogP contribution in [0.15, 0.2) is 30.5 Å². The number of benzene rings is 1. The largest absolute Gasteiger partial charge is 0.396 e. The molecule has 1 aromatic heterocycles. The van der Waals surface area contributed by atoms with E-state index in [1.807, 2.05) is 0 Å². The molecule has 0 spiro atoms. The summed E-state index contributed by atoms with van der Waals surface area (Å²) < 4.78 is 2.41. The van der Waals surface area contributed by atoms with Crippen molar-refractivity contribution in [1.29, 1.82) is 0 Å². The third-order valence-corrected chi connectivity index (χ3v) is 3.67. The number of aromatic nitrogens is 1. The first-order valence-corrected chi connectivity index (χ1v) is 6.09. The van der Waals surface area contributed by atoms with E-state index >= 15 is 0 Å². The van der Waals surface area contributed by atoms with E-state index in [0.29, 0.717) is 6.04 Å². The molecule has 2 aromatic rings. The Labute approximate surface area is 95.5 Å². The molecule has 0 bridgehead atoms. The second-order valence-corrected chi connectivity index (χ2v) is 4.64. The van der Waals surface area contributed by atoms with E-state index < -0.39 is 0 Å². The first kappa shape index (κ1) is 9.91. The fraction of sp³-hybridized carbons (Fsp3) is 0.429. The van der Waals surface area contributed by atoms with Gasteiger partial charge in [0.2, 0.25) is 0 Å². The molecule has 1 aliphatic carbocycles. The molecule has 84 valence electrons. The van der Waals surface area contributed by atoms with Crippen molar-refractivity contribution in [2.75, 3.05) is 6.61 Å². The number of rotatable bonds is 3. The highest BCUT2D eigenvalue weighted by atomic mass is 16.2. The molecule has 0 aliphatic heterocycles. The zero-order valence-electron chi connectivity index (χ0n) is 9.39. The number of hydrogen-bond acceptors (Lipinski definition) is 1. The Morgan fingerprint density at radius 1 is 1.25 bits per heavy atom. The van der Waals surface area contributed by atoms with Crippen molar-refractivity contribution in [3.63, 3.8) is 0 Å². The lowest BCUT2D eigenvalue weighted by atomic mass is 9.92. The van der Waals surface area contributed by atoms with Crippen LogP contribution < -0.4 is 0 Å². The third-order valence-electron chi connectivity index (χ3n) is 3.67. The summed E-state index contributed by atoms with van der Waals surface area (Å²) in [4.78, 5) is 0. The van der Waals surface area contributed by atoms with Crippen molar-refractivity contribution in [2.24, 2.45) is 0 Å². The van der Waals surface area contributed by atoms with Crippen LogP contribution in [0.5, 0.6) is 0 Å².